The lowest BCUT2D eigenvalue weighted by molar-refractivity contribution is -0.171. The molecule has 0 fully saturated rings. The van der Waals surface area contributed by atoms with Gasteiger partial charge >= 0.3 is 0 Å². The maximum atomic E-state index is 14.0. The fourth-order valence-electron chi connectivity index (χ4n) is 5.78. The Morgan fingerprint density at radius 1 is 0.552 bits per heavy atom. The number of carbonyl (C=O) groups excluding carboxylic acids is 6. The Bertz CT molecular complexity index is 1610. The van der Waals surface area contributed by atoms with Gasteiger partial charge in [-0.25, -0.2) is 0 Å². The molecule has 0 aliphatic heterocycles. The van der Waals surface area contributed by atoms with Crippen molar-refractivity contribution >= 4 is 35.4 Å². The number of nitrogens with one attached hydrogen (secondary N) is 6. The number of aliphatic hydroxyl groups is 2. The second kappa shape index (κ2) is 21.7. The lowest BCUT2D eigenvalue weighted by atomic mass is 9.97. The summed E-state index contributed by atoms with van der Waals surface area (Å²) >= 11 is 0. The maximum absolute atomic E-state index is 14.0. The van der Waals surface area contributed by atoms with Crippen molar-refractivity contribution in [2.45, 2.75) is 130 Å². The molecule has 0 unspecified atom stereocenters. The van der Waals surface area contributed by atoms with Crippen LogP contribution in [0.1, 0.15) is 101 Å². The van der Waals surface area contributed by atoms with Gasteiger partial charge in [0, 0.05) is 36.3 Å². The molecule has 58 heavy (non-hydrogen) atoms. The molecule has 6 atom stereocenters. The van der Waals surface area contributed by atoms with Gasteiger partial charge in [-0.2, -0.15) is 0 Å². The number of rotatable bonds is 19. The number of benzene rings is 2. The highest BCUT2D eigenvalue weighted by atomic mass is 16.5. The molecule has 0 aromatic heterocycles. The van der Waals surface area contributed by atoms with Gasteiger partial charge in [0.2, 0.25) is 11.8 Å². The van der Waals surface area contributed by atoms with Crippen LogP contribution in [0.15, 0.2) is 48.5 Å². The van der Waals surface area contributed by atoms with Gasteiger partial charge in [0.25, 0.3) is 23.6 Å². The van der Waals surface area contributed by atoms with Crippen molar-refractivity contribution in [2.75, 3.05) is 14.1 Å². The van der Waals surface area contributed by atoms with Crippen LogP contribution in [0.3, 0.4) is 0 Å². The number of hydrogen-bond donors (Lipinski definition) is 8. The predicted molar refractivity (Wildman–Crippen MR) is 218 cm³/mol. The summed E-state index contributed by atoms with van der Waals surface area (Å²) in [6.45, 7) is 16.8. The first-order chi connectivity index (χ1) is 26.9. The van der Waals surface area contributed by atoms with Gasteiger partial charge in [-0.05, 0) is 76.6 Å². The quantitative estimate of drug-likeness (QED) is 0.102. The minimum absolute atomic E-state index is 0.223. The number of carbonyl (C=O) groups is 6. The zero-order chi connectivity index (χ0) is 44.1. The number of amides is 6. The molecule has 16 heteroatoms. The Labute approximate surface area is 342 Å². The Morgan fingerprint density at radius 2 is 0.862 bits per heavy atom. The first kappa shape index (κ1) is 49.2. The highest BCUT2D eigenvalue weighted by molar-refractivity contribution is 5.97. The van der Waals surface area contributed by atoms with E-state index in [1.807, 2.05) is 41.5 Å². The maximum Gasteiger partial charge on any atom is 0.252 e. The molecule has 16 nitrogen and oxygen atoms in total. The molecule has 2 rings (SSSR count). The fraction of sp³-hybridized carbons (Fsp3) is 0.571. The number of aliphatic hydroxyl groups excluding tert-OH is 2. The lowest BCUT2D eigenvalue weighted by Gasteiger charge is -2.33. The molecule has 6 amide bonds. The Balaban J connectivity index is 2.65. The fourth-order valence-corrected chi connectivity index (χ4v) is 5.78. The van der Waals surface area contributed by atoms with E-state index >= 15 is 0 Å². The van der Waals surface area contributed by atoms with Crippen LogP contribution >= 0.6 is 0 Å². The van der Waals surface area contributed by atoms with Gasteiger partial charge in [-0.3, -0.25) is 28.8 Å². The SMILES string of the molecule is CNC(=O)[C@@H](NC(=O)[C@H](OCc1ccccc1C(=O)NC(C)(C)C)[C@H](O)[C@@H](O)[C@@H](OCc1ccccc1C(=O)NC(C)(C)C)C(=O)N[C@H](C(=O)NC)C(C)C)C(C)C. The van der Waals surface area contributed by atoms with Gasteiger partial charge in [0.15, 0.2) is 12.2 Å². The standard InChI is InChI=1S/C42H64N6O10/c1-23(2)29(37(53)43-11)45-39(55)33(57-21-25-17-13-15-19-27(25)35(51)47-41(5,6)7)31(49)32(50)34(40(56)46-30(24(3)4)38(54)44-12)58-22-26-18-14-16-20-28(26)36(52)48-42(8,9)10/h13-20,23-24,29-34,49-50H,21-22H2,1-12H3,(H,43,53)(H,44,54)(H,45,55)(H,46,56)(H,47,51)(H,48,52)/t29-,30-,31+,32+,33+,34+/m0/s1. The molecule has 0 saturated carbocycles. The van der Waals surface area contributed by atoms with Crippen molar-refractivity contribution < 1.29 is 48.5 Å². The highest BCUT2D eigenvalue weighted by Crippen LogP contribution is 2.21. The summed E-state index contributed by atoms with van der Waals surface area (Å²) in [5.74, 6) is -4.81. The van der Waals surface area contributed by atoms with Crippen molar-refractivity contribution in [3.63, 3.8) is 0 Å². The Morgan fingerprint density at radius 3 is 1.14 bits per heavy atom. The minimum Gasteiger partial charge on any atom is -0.387 e. The van der Waals surface area contributed by atoms with Gasteiger partial charge < -0.3 is 51.6 Å². The molecular weight excluding hydrogens is 748 g/mol. The van der Waals surface area contributed by atoms with Gasteiger partial charge in [0.1, 0.15) is 24.3 Å². The number of likely N-dealkylation sites (N-methyl/N-ethyl adjacent to an activating group) is 2. The monoisotopic (exact) mass is 812 g/mol. The zero-order valence-corrected chi connectivity index (χ0v) is 35.8. The van der Waals surface area contributed by atoms with Crippen LogP contribution in [0.2, 0.25) is 0 Å². The van der Waals surface area contributed by atoms with Crippen LogP contribution in [0.25, 0.3) is 0 Å². The summed E-state index contributed by atoms with van der Waals surface area (Å²) in [7, 11) is 2.79. The lowest BCUT2D eigenvalue weighted by Crippen LogP contribution is -2.60. The Hall–Kier alpha value is -4.90. The second-order valence-corrected chi connectivity index (χ2v) is 16.9. The smallest absolute Gasteiger partial charge is 0.252 e. The summed E-state index contributed by atoms with van der Waals surface area (Å²) in [5, 5.41) is 39.6. The third-order valence-electron chi connectivity index (χ3n) is 8.81. The summed E-state index contributed by atoms with van der Waals surface area (Å²) in [6, 6.07) is 10.7. The number of ether oxygens (including phenoxy) is 2. The van der Waals surface area contributed by atoms with Crippen LogP contribution in [-0.2, 0) is 41.9 Å². The molecular formula is C42H64N6O10. The third-order valence-corrected chi connectivity index (χ3v) is 8.81. The first-order valence-electron chi connectivity index (χ1n) is 19.4. The molecule has 322 valence electrons. The highest BCUT2D eigenvalue weighted by Gasteiger charge is 2.43. The summed E-state index contributed by atoms with van der Waals surface area (Å²) < 4.78 is 12.0. The molecule has 0 aliphatic carbocycles. The van der Waals surface area contributed by atoms with Crippen molar-refractivity contribution in [2.24, 2.45) is 11.8 Å². The van der Waals surface area contributed by atoms with E-state index in [2.05, 4.69) is 31.9 Å². The largest absolute Gasteiger partial charge is 0.387 e. The van der Waals surface area contributed by atoms with Crippen molar-refractivity contribution in [1.82, 2.24) is 31.9 Å². The second-order valence-electron chi connectivity index (χ2n) is 16.9. The average molecular weight is 813 g/mol. The number of hydrogen-bond acceptors (Lipinski definition) is 10. The third kappa shape index (κ3) is 14.8. The Kier molecular flexibility index (Phi) is 18.5. The van der Waals surface area contributed by atoms with E-state index in [1.165, 1.54) is 14.1 Å². The van der Waals surface area contributed by atoms with Gasteiger partial charge in [0.05, 0.1) is 13.2 Å². The summed E-state index contributed by atoms with van der Waals surface area (Å²) in [5.41, 5.74) is -0.0640. The van der Waals surface area contributed by atoms with Crippen molar-refractivity contribution in [3.8, 4) is 0 Å². The van der Waals surface area contributed by atoms with Crippen LogP contribution in [0, 0.1) is 11.8 Å². The average Bonchev–Trinajstić information content (AvgIpc) is 3.13. The molecule has 0 aliphatic rings. The molecule has 0 radical (unpaired) electrons. The van der Waals surface area contributed by atoms with Crippen molar-refractivity contribution in [3.05, 3.63) is 70.8 Å². The topological polar surface area (TPSA) is 234 Å². The van der Waals surface area contributed by atoms with Crippen LogP contribution in [0.5, 0.6) is 0 Å². The van der Waals surface area contributed by atoms with Crippen molar-refractivity contribution in [1.29, 1.82) is 0 Å². The molecule has 2 aromatic rings. The van der Waals surface area contributed by atoms with Gasteiger partial charge in [-0.15, -0.1) is 0 Å². The van der Waals surface area contributed by atoms with E-state index in [4.69, 9.17) is 9.47 Å². The normalized spacial score (nSPS) is 15.0. The molecule has 0 saturated heterocycles. The van der Waals surface area contributed by atoms with E-state index in [-0.39, 0.29) is 11.1 Å². The van der Waals surface area contributed by atoms with Crippen LogP contribution in [0.4, 0.5) is 0 Å². The van der Waals surface area contributed by atoms with E-state index in [0.717, 1.165) is 0 Å². The van der Waals surface area contributed by atoms with E-state index in [0.29, 0.717) is 11.1 Å². The first-order valence-corrected chi connectivity index (χ1v) is 19.4. The van der Waals surface area contributed by atoms with Gasteiger partial charge in [-0.1, -0.05) is 64.1 Å². The molecule has 2 aromatic carbocycles. The van der Waals surface area contributed by atoms with Crippen LogP contribution in [-0.4, -0.2) is 107 Å². The van der Waals surface area contributed by atoms with E-state index < -0.39 is 108 Å². The van der Waals surface area contributed by atoms with E-state index in [9.17, 15) is 39.0 Å². The minimum atomic E-state index is -2.21. The summed E-state index contributed by atoms with van der Waals surface area (Å²) in [6.07, 6.45) is -8.33. The summed E-state index contributed by atoms with van der Waals surface area (Å²) in [4.78, 5) is 80.1. The predicted octanol–water partition coefficient (Wildman–Crippen LogP) is 1.71. The molecule has 0 spiro atoms. The van der Waals surface area contributed by atoms with E-state index in [1.54, 1.807) is 76.2 Å². The molecule has 8 N–H and O–H groups in total. The zero-order valence-electron chi connectivity index (χ0n) is 35.8. The van der Waals surface area contributed by atoms with Crippen LogP contribution < -0.4 is 31.9 Å². The molecule has 0 heterocycles. The molecule has 0 bridgehead atoms.